The van der Waals surface area contributed by atoms with Gasteiger partial charge in [-0.25, -0.2) is 8.42 Å². The minimum Gasteiger partial charge on any atom is -0.381 e. The van der Waals surface area contributed by atoms with Crippen molar-refractivity contribution in [2.24, 2.45) is 11.7 Å². The number of benzene rings is 1. The predicted molar refractivity (Wildman–Crippen MR) is 110 cm³/mol. The first-order chi connectivity index (χ1) is 12.9. The van der Waals surface area contributed by atoms with E-state index in [1.54, 1.807) is 24.3 Å². The van der Waals surface area contributed by atoms with E-state index >= 15 is 0 Å². The van der Waals surface area contributed by atoms with Crippen LogP contribution in [-0.2, 0) is 19.6 Å². The lowest BCUT2D eigenvalue weighted by atomic mass is 9.91. The quantitative estimate of drug-likeness (QED) is 0.734. The minimum atomic E-state index is -3.48. The van der Waals surface area contributed by atoms with Gasteiger partial charge < -0.3 is 15.8 Å². The zero-order valence-corrected chi connectivity index (χ0v) is 17.8. The minimum absolute atomic E-state index is 0. The number of sulfonamides is 1. The van der Waals surface area contributed by atoms with Gasteiger partial charge >= 0.3 is 0 Å². The molecule has 9 heteroatoms. The number of amides is 1. The number of carbonyl (C=O) groups excluding carboxylic acids is 1. The van der Waals surface area contributed by atoms with Crippen LogP contribution in [-0.4, -0.2) is 57.0 Å². The van der Waals surface area contributed by atoms with Crippen molar-refractivity contribution >= 4 is 28.3 Å². The topological polar surface area (TPSA) is 102 Å². The number of rotatable bonds is 5. The van der Waals surface area contributed by atoms with Gasteiger partial charge in [-0.2, -0.15) is 4.31 Å². The summed E-state index contributed by atoms with van der Waals surface area (Å²) in [5, 5.41) is 3.01. The lowest BCUT2D eigenvalue weighted by Gasteiger charge is -2.33. The number of hydrogen-bond acceptors (Lipinski definition) is 5. The van der Waals surface area contributed by atoms with Crippen molar-refractivity contribution in [3.05, 3.63) is 29.8 Å². The summed E-state index contributed by atoms with van der Waals surface area (Å²) >= 11 is 0. The summed E-state index contributed by atoms with van der Waals surface area (Å²) in [5.74, 6) is 0.0162. The highest BCUT2D eigenvalue weighted by atomic mass is 35.5. The largest absolute Gasteiger partial charge is 0.381 e. The maximum Gasteiger partial charge on any atom is 0.243 e. The van der Waals surface area contributed by atoms with Crippen LogP contribution < -0.4 is 11.1 Å². The molecular weight excluding hydrogens is 402 g/mol. The van der Waals surface area contributed by atoms with Crippen LogP contribution in [0.25, 0.3) is 0 Å². The Balaban J connectivity index is 0.00000280. The van der Waals surface area contributed by atoms with E-state index in [9.17, 15) is 13.2 Å². The third-order valence-corrected chi connectivity index (χ3v) is 7.45. The van der Waals surface area contributed by atoms with Crippen LogP contribution in [0.2, 0.25) is 0 Å². The Hall–Kier alpha value is -1.19. The van der Waals surface area contributed by atoms with Gasteiger partial charge in [0.15, 0.2) is 0 Å². The molecule has 3 rings (SSSR count). The molecule has 2 saturated heterocycles. The molecule has 1 amide bonds. The Morgan fingerprint density at radius 3 is 2.29 bits per heavy atom. The summed E-state index contributed by atoms with van der Waals surface area (Å²) in [6, 6.07) is 6.34. The molecule has 3 N–H and O–H groups in total. The molecule has 7 nitrogen and oxygen atoms in total. The van der Waals surface area contributed by atoms with Gasteiger partial charge in [0.25, 0.3) is 0 Å². The van der Waals surface area contributed by atoms with E-state index < -0.39 is 16.1 Å². The molecule has 1 aromatic carbocycles. The summed E-state index contributed by atoms with van der Waals surface area (Å²) < 4.78 is 32.3. The Morgan fingerprint density at radius 1 is 1.14 bits per heavy atom. The number of ether oxygens (including phenoxy) is 1. The van der Waals surface area contributed by atoms with Gasteiger partial charge in [-0.1, -0.05) is 17.7 Å². The lowest BCUT2D eigenvalue weighted by molar-refractivity contribution is -0.125. The molecule has 0 saturated carbocycles. The van der Waals surface area contributed by atoms with Crippen LogP contribution in [0.1, 0.15) is 31.2 Å². The Bertz CT molecular complexity index is 743. The molecule has 2 fully saturated rings. The number of nitrogens with zero attached hydrogens (tertiary/aromatic N) is 1. The van der Waals surface area contributed by atoms with Crippen LogP contribution in [0.4, 0.5) is 0 Å². The second kappa shape index (κ2) is 10.0. The van der Waals surface area contributed by atoms with Gasteiger partial charge in [0.05, 0.1) is 10.9 Å². The molecule has 0 spiro atoms. The second-order valence-corrected chi connectivity index (χ2v) is 9.41. The number of carbonyl (C=O) groups is 1. The number of aryl methyl sites for hydroxylation is 1. The molecule has 1 unspecified atom stereocenters. The molecule has 0 aliphatic carbocycles. The fraction of sp³-hybridized carbons (Fsp3) is 0.632. The third kappa shape index (κ3) is 5.45. The summed E-state index contributed by atoms with van der Waals surface area (Å²) in [7, 11) is -3.48. The molecule has 2 aliphatic rings. The second-order valence-electron chi connectivity index (χ2n) is 7.48. The highest BCUT2D eigenvalue weighted by Gasteiger charge is 2.32. The molecule has 28 heavy (non-hydrogen) atoms. The Labute approximate surface area is 173 Å². The van der Waals surface area contributed by atoms with E-state index in [4.69, 9.17) is 10.5 Å². The van der Waals surface area contributed by atoms with E-state index in [2.05, 4.69) is 5.32 Å². The van der Waals surface area contributed by atoms with E-state index in [1.807, 2.05) is 6.92 Å². The van der Waals surface area contributed by atoms with Crippen molar-refractivity contribution in [1.82, 2.24) is 9.62 Å². The fourth-order valence-electron chi connectivity index (χ4n) is 3.69. The van der Waals surface area contributed by atoms with Gasteiger partial charge in [-0.3, -0.25) is 4.79 Å². The normalized spacial score (nSPS) is 20.9. The number of halogens is 1. The fourth-order valence-corrected chi connectivity index (χ4v) is 5.16. The van der Waals surface area contributed by atoms with Crippen LogP contribution in [0.15, 0.2) is 29.2 Å². The van der Waals surface area contributed by atoms with Gasteiger partial charge in [0, 0.05) is 32.3 Å². The van der Waals surface area contributed by atoms with Crippen LogP contribution in [0, 0.1) is 12.8 Å². The predicted octanol–water partition coefficient (Wildman–Crippen LogP) is 1.44. The SMILES string of the molecule is Cc1ccc(S(=O)(=O)N2CCC(NC(=O)C(N)C3CCOCC3)CC2)cc1.Cl. The molecule has 0 bridgehead atoms. The van der Waals surface area contributed by atoms with Crippen LogP contribution in [0.5, 0.6) is 0 Å². The molecule has 1 aromatic rings. The van der Waals surface area contributed by atoms with Gasteiger partial charge in [-0.05, 0) is 50.7 Å². The Morgan fingerprint density at radius 2 is 1.71 bits per heavy atom. The van der Waals surface area contributed by atoms with Crippen LogP contribution in [0.3, 0.4) is 0 Å². The highest BCUT2D eigenvalue weighted by Crippen LogP contribution is 2.22. The van der Waals surface area contributed by atoms with Crippen molar-refractivity contribution in [3.63, 3.8) is 0 Å². The van der Waals surface area contributed by atoms with E-state index in [0.29, 0.717) is 44.0 Å². The zero-order valence-electron chi connectivity index (χ0n) is 16.2. The number of hydrogen-bond donors (Lipinski definition) is 2. The molecule has 2 aliphatic heterocycles. The first-order valence-electron chi connectivity index (χ1n) is 9.58. The maximum absolute atomic E-state index is 12.7. The maximum atomic E-state index is 12.7. The van der Waals surface area contributed by atoms with E-state index in [-0.39, 0.29) is 30.3 Å². The highest BCUT2D eigenvalue weighted by molar-refractivity contribution is 7.89. The Kier molecular flexibility index (Phi) is 8.27. The first kappa shape index (κ1) is 23.1. The zero-order chi connectivity index (χ0) is 19.4. The monoisotopic (exact) mass is 431 g/mol. The number of nitrogens with two attached hydrogens (primary N) is 1. The summed E-state index contributed by atoms with van der Waals surface area (Å²) in [6.45, 7) is 4.03. The van der Waals surface area contributed by atoms with E-state index in [1.165, 1.54) is 4.31 Å². The van der Waals surface area contributed by atoms with Crippen molar-refractivity contribution in [2.75, 3.05) is 26.3 Å². The molecule has 2 heterocycles. The summed E-state index contributed by atoms with van der Waals surface area (Å²) in [6.07, 6.45) is 2.80. The van der Waals surface area contributed by atoms with Crippen molar-refractivity contribution in [2.45, 2.75) is 49.6 Å². The van der Waals surface area contributed by atoms with Crippen molar-refractivity contribution < 1.29 is 17.9 Å². The molecule has 1 atom stereocenters. The molecule has 0 radical (unpaired) electrons. The van der Waals surface area contributed by atoms with Gasteiger partial charge in [-0.15, -0.1) is 12.4 Å². The third-order valence-electron chi connectivity index (χ3n) is 5.54. The molecule has 158 valence electrons. The van der Waals surface area contributed by atoms with Crippen LogP contribution >= 0.6 is 12.4 Å². The standard InChI is InChI=1S/C19H29N3O4S.ClH/c1-14-2-4-17(5-3-14)27(24,25)22-10-6-16(7-11-22)21-19(23)18(20)15-8-12-26-13-9-15;/h2-5,15-16,18H,6-13,20H2,1H3,(H,21,23);1H. The summed E-state index contributed by atoms with van der Waals surface area (Å²) in [4.78, 5) is 12.8. The van der Waals surface area contributed by atoms with Gasteiger partial charge in [0.1, 0.15) is 0 Å². The smallest absolute Gasteiger partial charge is 0.243 e. The average Bonchev–Trinajstić information content (AvgIpc) is 2.69. The number of nitrogens with one attached hydrogen (secondary N) is 1. The first-order valence-corrected chi connectivity index (χ1v) is 11.0. The number of piperidine rings is 1. The van der Waals surface area contributed by atoms with Crippen molar-refractivity contribution in [3.8, 4) is 0 Å². The molecule has 0 aromatic heterocycles. The average molecular weight is 432 g/mol. The summed E-state index contributed by atoms with van der Waals surface area (Å²) in [5.41, 5.74) is 7.14. The van der Waals surface area contributed by atoms with Gasteiger partial charge in [0.2, 0.25) is 15.9 Å². The van der Waals surface area contributed by atoms with Crippen molar-refractivity contribution in [1.29, 1.82) is 0 Å². The lowest BCUT2D eigenvalue weighted by Crippen LogP contribution is -2.53. The molecular formula is C19H30ClN3O4S. The van der Waals surface area contributed by atoms with E-state index in [0.717, 1.165) is 18.4 Å².